The summed E-state index contributed by atoms with van der Waals surface area (Å²) in [5.41, 5.74) is 1.54. The fourth-order valence-electron chi connectivity index (χ4n) is 2.04. The molecule has 0 bridgehead atoms. The molecule has 0 atom stereocenters. The van der Waals surface area contributed by atoms with Crippen LogP contribution in [0.15, 0.2) is 24.3 Å². The molecule has 1 aliphatic heterocycles. The summed E-state index contributed by atoms with van der Waals surface area (Å²) in [5, 5.41) is 6.10. The van der Waals surface area contributed by atoms with Gasteiger partial charge in [-0.3, -0.25) is 5.32 Å². The van der Waals surface area contributed by atoms with Crippen molar-refractivity contribution in [1.82, 2.24) is 5.32 Å². The van der Waals surface area contributed by atoms with Gasteiger partial charge in [0.25, 0.3) is 0 Å². The average Bonchev–Trinajstić information content (AvgIpc) is 2.22. The van der Waals surface area contributed by atoms with Gasteiger partial charge in [0.1, 0.15) is 5.60 Å². The van der Waals surface area contributed by atoms with E-state index in [1.165, 1.54) is 5.56 Å². The Morgan fingerprint density at radius 2 is 2.05 bits per heavy atom. The van der Waals surface area contributed by atoms with E-state index in [-0.39, 0.29) is 0 Å². The summed E-state index contributed by atoms with van der Waals surface area (Å²) < 4.78 is 5.28. The number of carbonyl (C=O) groups is 1. The number of anilines is 1. The van der Waals surface area contributed by atoms with E-state index in [0.29, 0.717) is 5.92 Å². The molecule has 0 aromatic heterocycles. The Labute approximate surface area is 114 Å². The summed E-state index contributed by atoms with van der Waals surface area (Å²) in [5.74, 6) is 0.668. The monoisotopic (exact) mass is 262 g/mol. The first-order valence-electron chi connectivity index (χ1n) is 6.73. The van der Waals surface area contributed by atoms with Crippen molar-refractivity contribution in [1.29, 1.82) is 0 Å². The molecule has 1 saturated heterocycles. The van der Waals surface area contributed by atoms with Gasteiger partial charge in [0, 0.05) is 5.69 Å². The molecule has 19 heavy (non-hydrogen) atoms. The summed E-state index contributed by atoms with van der Waals surface area (Å²) in [7, 11) is 0. The Hall–Kier alpha value is -1.55. The summed E-state index contributed by atoms with van der Waals surface area (Å²) >= 11 is 0. The van der Waals surface area contributed by atoms with Gasteiger partial charge in [-0.05, 0) is 57.8 Å². The van der Waals surface area contributed by atoms with Gasteiger partial charge in [-0.1, -0.05) is 18.2 Å². The number of nitrogens with one attached hydrogen (secondary N) is 2. The number of hydrogen-bond donors (Lipinski definition) is 2. The molecule has 1 aromatic carbocycles. The fraction of sp³-hybridized carbons (Fsp3) is 0.533. The number of amides is 1. The van der Waals surface area contributed by atoms with E-state index in [4.69, 9.17) is 4.74 Å². The molecule has 2 rings (SSSR count). The zero-order valence-electron chi connectivity index (χ0n) is 11.8. The SMILES string of the molecule is CC(C)(C)OC(=O)Nc1ccccc1CC1CNC1. The van der Waals surface area contributed by atoms with Crippen LogP contribution < -0.4 is 10.6 Å². The average molecular weight is 262 g/mol. The second-order valence-corrected chi connectivity index (χ2v) is 6.01. The van der Waals surface area contributed by atoms with Gasteiger partial charge >= 0.3 is 6.09 Å². The van der Waals surface area contributed by atoms with Crippen LogP contribution in [0.3, 0.4) is 0 Å². The lowest BCUT2D eigenvalue weighted by Gasteiger charge is -2.28. The van der Waals surface area contributed by atoms with Crippen molar-refractivity contribution < 1.29 is 9.53 Å². The minimum atomic E-state index is -0.475. The Morgan fingerprint density at radius 3 is 2.63 bits per heavy atom. The van der Waals surface area contributed by atoms with E-state index in [0.717, 1.165) is 25.2 Å². The van der Waals surface area contributed by atoms with Gasteiger partial charge in [-0.15, -0.1) is 0 Å². The first-order chi connectivity index (χ1) is 8.94. The standard InChI is InChI=1S/C15H22N2O2/c1-15(2,3)19-14(18)17-13-7-5-4-6-12(13)8-11-9-16-10-11/h4-7,11,16H,8-10H2,1-3H3,(H,17,18). The molecule has 0 radical (unpaired) electrons. The molecule has 1 aliphatic rings. The maximum atomic E-state index is 11.8. The van der Waals surface area contributed by atoms with Gasteiger partial charge in [-0.25, -0.2) is 4.79 Å². The molecule has 0 saturated carbocycles. The maximum Gasteiger partial charge on any atom is 0.412 e. The quantitative estimate of drug-likeness (QED) is 0.880. The Morgan fingerprint density at radius 1 is 1.37 bits per heavy atom. The molecular weight excluding hydrogens is 240 g/mol. The molecule has 4 nitrogen and oxygen atoms in total. The van der Waals surface area contributed by atoms with Crippen LogP contribution in [0.2, 0.25) is 0 Å². The van der Waals surface area contributed by atoms with E-state index in [9.17, 15) is 4.79 Å². The van der Waals surface area contributed by atoms with Crippen molar-refractivity contribution in [3.05, 3.63) is 29.8 Å². The molecule has 1 fully saturated rings. The number of para-hydroxylation sites is 1. The first kappa shape index (κ1) is 13.9. The number of benzene rings is 1. The lowest BCUT2D eigenvalue weighted by molar-refractivity contribution is 0.0635. The number of ether oxygens (including phenoxy) is 1. The first-order valence-corrected chi connectivity index (χ1v) is 6.73. The van der Waals surface area contributed by atoms with E-state index >= 15 is 0 Å². The van der Waals surface area contributed by atoms with Crippen LogP contribution in [0.1, 0.15) is 26.3 Å². The highest BCUT2D eigenvalue weighted by Gasteiger charge is 2.20. The van der Waals surface area contributed by atoms with Crippen molar-refractivity contribution in [3.8, 4) is 0 Å². The smallest absolute Gasteiger partial charge is 0.412 e. The van der Waals surface area contributed by atoms with Gasteiger partial charge in [0.2, 0.25) is 0 Å². The zero-order chi connectivity index (χ0) is 13.9. The number of carbonyl (C=O) groups excluding carboxylic acids is 1. The van der Waals surface area contributed by atoms with Crippen molar-refractivity contribution in [2.24, 2.45) is 5.92 Å². The molecule has 1 aromatic rings. The molecule has 0 unspecified atom stereocenters. The van der Waals surface area contributed by atoms with Crippen LogP contribution in [0.4, 0.5) is 10.5 Å². The van der Waals surface area contributed by atoms with Crippen LogP contribution in [0.25, 0.3) is 0 Å². The fourth-order valence-corrected chi connectivity index (χ4v) is 2.04. The summed E-state index contributed by atoms with van der Waals surface area (Å²) in [6.45, 7) is 7.69. The molecule has 0 aliphatic carbocycles. The summed E-state index contributed by atoms with van der Waals surface area (Å²) in [6, 6.07) is 7.91. The molecule has 4 heteroatoms. The second kappa shape index (κ2) is 5.61. The minimum Gasteiger partial charge on any atom is -0.444 e. The Bertz CT molecular complexity index is 448. The predicted octanol–water partition coefficient (Wildman–Crippen LogP) is 2.80. The Balaban J connectivity index is 2.00. The van der Waals surface area contributed by atoms with E-state index < -0.39 is 11.7 Å². The summed E-state index contributed by atoms with van der Waals surface area (Å²) in [6.07, 6.45) is 0.589. The topological polar surface area (TPSA) is 50.4 Å². The van der Waals surface area contributed by atoms with Gasteiger partial charge in [-0.2, -0.15) is 0 Å². The normalized spacial score (nSPS) is 15.7. The van der Waals surface area contributed by atoms with E-state index in [1.807, 2.05) is 39.0 Å². The largest absolute Gasteiger partial charge is 0.444 e. The van der Waals surface area contributed by atoms with Gasteiger partial charge in [0.05, 0.1) is 0 Å². The highest BCUT2D eigenvalue weighted by Crippen LogP contribution is 2.21. The van der Waals surface area contributed by atoms with Crippen molar-refractivity contribution in [2.75, 3.05) is 18.4 Å². The molecule has 1 heterocycles. The lowest BCUT2D eigenvalue weighted by atomic mass is 9.93. The van der Waals surface area contributed by atoms with E-state index in [2.05, 4.69) is 16.7 Å². The predicted molar refractivity (Wildman–Crippen MR) is 76.4 cm³/mol. The number of hydrogen-bond acceptors (Lipinski definition) is 3. The lowest BCUT2D eigenvalue weighted by Crippen LogP contribution is -2.43. The highest BCUT2D eigenvalue weighted by atomic mass is 16.6. The van der Waals surface area contributed by atoms with Gasteiger partial charge in [0.15, 0.2) is 0 Å². The van der Waals surface area contributed by atoms with Crippen molar-refractivity contribution >= 4 is 11.8 Å². The van der Waals surface area contributed by atoms with Crippen LogP contribution in [0, 0.1) is 5.92 Å². The maximum absolute atomic E-state index is 11.8. The third kappa shape index (κ3) is 4.24. The second-order valence-electron chi connectivity index (χ2n) is 6.01. The zero-order valence-corrected chi connectivity index (χ0v) is 11.8. The van der Waals surface area contributed by atoms with Gasteiger partial charge < -0.3 is 10.1 Å². The van der Waals surface area contributed by atoms with Crippen molar-refractivity contribution in [3.63, 3.8) is 0 Å². The van der Waals surface area contributed by atoms with Crippen LogP contribution in [-0.4, -0.2) is 24.8 Å². The van der Waals surface area contributed by atoms with Crippen molar-refractivity contribution in [2.45, 2.75) is 32.8 Å². The molecular formula is C15H22N2O2. The Kier molecular flexibility index (Phi) is 4.10. The number of rotatable bonds is 3. The van der Waals surface area contributed by atoms with Crippen LogP contribution in [0.5, 0.6) is 0 Å². The van der Waals surface area contributed by atoms with E-state index in [1.54, 1.807) is 0 Å². The third-order valence-corrected chi connectivity index (χ3v) is 3.03. The highest BCUT2D eigenvalue weighted by molar-refractivity contribution is 5.85. The molecule has 0 spiro atoms. The molecule has 2 N–H and O–H groups in total. The van der Waals surface area contributed by atoms with Crippen LogP contribution in [-0.2, 0) is 11.2 Å². The van der Waals surface area contributed by atoms with Crippen LogP contribution >= 0.6 is 0 Å². The molecule has 1 amide bonds. The minimum absolute atomic E-state index is 0.397. The third-order valence-electron chi connectivity index (χ3n) is 3.03. The summed E-state index contributed by atoms with van der Waals surface area (Å²) in [4.78, 5) is 11.8. The molecule has 104 valence electrons.